The molecule has 2 saturated heterocycles. The molecule has 456 valence electrons. The normalized spacial score (nSPS) is 29.0. The third-order valence-electron chi connectivity index (χ3n) is 16.5. The SMILES string of the molecule is CNC(=O)C1CCC(CC[C@@H]2NC(=O)[C@H](CC(C)C)N(C)C(=O)[C@H]([C@@H](C)O)NC(=O)[C@H](CC(C)C)N(C)C(=O)[C@H](CC(C)C)N(C)C(=O)[C@@H](C)N(C)C(=O)C[C@@H](C(=O)N3CCCCC3)NC(=O)[C@H](CC(C)C)N(C)C2=O)CC1OC. The van der Waals surface area contributed by atoms with Gasteiger partial charge in [0.2, 0.25) is 59.1 Å². The van der Waals surface area contributed by atoms with Crippen LogP contribution in [-0.2, 0) is 52.7 Å². The minimum Gasteiger partial charge on any atom is -0.391 e. The summed E-state index contributed by atoms with van der Waals surface area (Å²) in [5, 5.41) is 22.5. The number of hydrogen-bond acceptors (Lipinski definition) is 12. The third kappa shape index (κ3) is 18.8. The molecule has 0 aromatic heterocycles. The lowest BCUT2D eigenvalue weighted by Gasteiger charge is -2.38. The van der Waals surface area contributed by atoms with Crippen LogP contribution < -0.4 is 21.3 Å². The van der Waals surface area contributed by atoms with Gasteiger partial charge in [0, 0.05) is 62.5 Å². The van der Waals surface area contributed by atoms with Gasteiger partial charge in [-0.05, 0) is 120 Å². The maximum atomic E-state index is 15.3. The van der Waals surface area contributed by atoms with Crippen LogP contribution >= 0.6 is 0 Å². The van der Waals surface area contributed by atoms with Crippen LogP contribution in [0.1, 0.15) is 153 Å². The summed E-state index contributed by atoms with van der Waals surface area (Å²) >= 11 is 0. The van der Waals surface area contributed by atoms with Gasteiger partial charge in [-0.25, -0.2) is 0 Å². The zero-order valence-electron chi connectivity index (χ0n) is 51.5. The van der Waals surface area contributed by atoms with E-state index in [4.69, 9.17) is 4.74 Å². The number of hydrogen-bond donors (Lipinski definition) is 5. The number of amides is 10. The van der Waals surface area contributed by atoms with E-state index in [0.717, 1.165) is 24.2 Å². The van der Waals surface area contributed by atoms with Crippen molar-refractivity contribution in [3.63, 3.8) is 0 Å². The van der Waals surface area contributed by atoms with Crippen LogP contribution in [0.3, 0.4) is 0 Å². The molecule has 12 atom stereocenters. The fourth-order valence-corrected chi connectivity index (χ4v) is 11.4. The lowest BCUT2D eigenvalue weighted by atomic mass is 9.77. The van der Waals surface area contributed by atoms with E-state index in [0.29, 0.717) is 38.8 Å². The minimum atomic E-state index is -1.60. The van der Waals surface area contributed by atoms with Crippen molar-refractivity contribution in [2.45, 2.75) is 213 Å². The second-order valence-corrected chi connectivity index (χ2v) is 24.7. The van der Waals surface area contributed by atoms with Gasteiger partial charge in [0.25, 0.3) is 0 Å². The number of carbonyl (C=O) groups is 10. The van der Waals surface area contributed by atoms with Gasteiger partial charge >= 0.3 is 0 Å². The number of carbonyl (C=O) groups excluding carboxylic acids is 10. The van der Waals surface area contributed by atoms with Crippen LogP contribution in [0.5, 0.6) is 0 Å². The van der Waals surface area contributed by atoms with Crippen molar-refractivity contribution in [1.29, 1.82) is 0 Å². The van der Waals surface area contributed by atoms with Gasteiger partial charge in [0.1, 0.15) is 48.3 Å². The van der Waals surface area contributed by atoms with Gasteiger partial charge < -0.3 is 60.5 Å². The van der Waals surface area contributed by atoms with Gasteiger partial charge in [-0.2, -0.15) is 0 Å². The molecule has 22 nitrogen and oxygen atoms in total. The summed E-state index contributed by atoms with van der Waals surface area (Å²) < 4.78 is 5.79. The summed E-state index contributed by atoms with van der Waals surface area (Å²) in [5.41, 5.74) is 0. The Kier molecular flexibility index (Phi) is 27.3. The van der Waals surface area contributed by atoms with Crippen LogP contribution in [-0.4, -0.2) is 217 Å². The highest BCUT2D eigenvalue weighted by atomic mass is 16.5. The van der Waals surface area contributed by atoms with E-state index >= 15 is 9.59 Å². The van der Waals surface area contributed by atoms with Crippen molar-refractivity contribution in [3.8, 4) is 0 Å². The number of aliphatic hydroxyl groups is 1. The summed E-state index contributed by atoms with van der Waals surface area (Å²) in [7, 11) is 10.3. The van der Waals surface area contributed by atoms with Crippen LogP contribution in [0.25, 0.3) is 0 Å². The number of likely N-dealkylation sites (tertiary alicyclic amines) is 1. The number of ether oxygens (including phenoxy) is 1. The summed E-state index contributed by atoms with van der Waals surface area (Å²) in [6.45, 7) is 18.6. The van der Waals surface area contributed by atoms with Gasteiger partial charge in [0.05, 0.1) is 24.5 Å². The molecule has 3 rings (SSSR count). The first-order valence-corrected chi connectivity index (χ1v) is 29.3. The molecule has 0 spiro atoms. The molecule has 3 unspecified atom stereocenters. The first-order valence-electron chi connectivity index (χ1n) is 29.3. The fraction of sp³-hybridized carbons (Fsp3) is 0.828. The molecule has 0 aromatic rings. The number of likely N-dealkylation sites (N-methyl/N-ethyl adjacent to an activating group) is 5. The van der Waals surface area contributed by atoms with Crippen LogP contribution in [0.15, 0.2) is 0 Å². The molecule has 80 heavy (non-hydrogen) atoms. The smallest absolute Gasteiger partial charge is 0.248 e. The lowest BCUT2D eigenvalue weighted by molar-refractivity contribution is -0.153. The Hall–Kier alpha value is -5.38. The van der Waals surface area contributed by atoms with E-state index in [1.165, 1.54) is 68.7 Å². The number of nitrogens with zero attached hydrogens (tertiary/aromatic N) is 6. The molecule has 0 radical (unpaired) electrons. The Morgan fingerprint density at radius 2 is 1.06 bits per heavy atom. The topological polar surface area (TPSA) is 268 Å². The van der Waals surface area contributed by atoms with E-state index in [1.807, 2.05) is 55.4 Å². The summed E-state index contributed by atoms with van der Waals surface area (Å²) in [6.07, 6.45) is 2.57. The van der Waals surface area contributed by atoms with Crippen molar-refractivity contribution >= 4 is 59.1 Å². The fourth-order valence-electron chi connectivity index (χ4n) is 11.4. The Morgan fingerprint density at radius 3 is 1.55 bits per heavy atom. The molecule has 3 fully saturated rings. The standard InChI is InChI=1S/C58H102N10O12/c1-33(2)27-43-52(73)61-42(56(77)68-25-19-18-20-26-68)32-48(70)63(12)37(9)54(75)67(16)46(30-36(7)8)57(78)65(14)45(29-35(5)6)53(74)62-49(38(10)69)58(79)66(15)44(28-34(3)4)51(72)60-41(55(76)64(43)13)24-22-39-21-23-40(50(71)59-11)47(31-39)80-17/h33-47,49,69H,18-32H2,1-17H3,(H,59,71)(H,60,72)(H,61,73)(H,62,74)/t37-,38-,39?,40?,41+,42+,43+,44+,45+,46+,47?,49+/m1/s1. The Balaban J connectivity index is 2.32. The van der Waals surface area contributed by atoms with Crippen molar-refractivity contribution in [1.82, 2.24) is 50.7 Å². The average Bonchev–Trinajstić information content (AvgIpc) is 3.41. The number of piperidine rings is 1. The molecule has 3 aliphatic rings. The highest BCUT2D eigenvalue weighted by Gasteiger charge is 2.44. The van der Waals surface area contributed by atoms with Crippen molar-refractivity contribution in [2.75, 3.05) is 62.5 Å². The van der Waals surface area contributed by atoms with E-state index < -0.39 is 120 Å². The Morgan fingerprint density at radius 1 is 0.600 bits per heavy atom. The maximum absolute atomic E-state index is 15.3. The van der Waals surface area contributed by atoms with Crippen LogP contribution in [0.4, 0.5) is 0 Å². The molecule has 1 aliphatic carbocycles. The average molecular weight is 1130 g/mol. The van der Waals surface area contributed by atoms with E-state index in [9.17, 15) is 43.5 Å². The van der Waals surface area contributed by atoms with Gasteiger partial charge in [-0.3, -0.25) is 47.9 Å². The molecule has 2 aliphatic heterocycles. The van der Waals surface area contributed by atoms with E-state index in [-0.39, 0.29) is 73.5 Å². The first kappa shape index (κ1) is 68.9. The molecule has 2 heterocycles. The van der Waals surface area contributed by atoms with E-state index in [1.54, 1.807) is 19.1 Å². The maximum Gasteiger partial charge on any atom is 0.248 e. The first-order chi connectivity index (χ1) is 37.4. The van der Waals surface area contributed by atoms with Crippen LogP contribution in [0.2, 0.25) is 0 Å². The molecule has 10 amide bonds. The lowest BCUT2D eigenvalue weighted by Crippen LogP contribution is -2.62. The van der Waals surface area contributed by atoms with Crippen molar-refractivity contribution in [2.24, 2.45) is 35.5 Å². The molecule has 0 bridgehead atoms. The number of nitrogens with one attached hydrogen (secondary N) is 4. The highest BCUT2D eigenvalue weighted by Crippen LogP contribution is 2.34. The molecule has 5 N–H and O–H groups in total. The molecule has 22 heteroatoms. The molecule has 1 saturated carbocycles. The van der Waals surface area contributed by atoms with Gasteiger partial charge in [-0.15, -0.1) is 0 Å². The minimum absolute atomic E-state index is 0.0329. The number of rotatable bonds is 15. The van der Waals surface area contributed by atoms with Gasteiger partial charge in [-0.1, -0.05) is 55.4 Å². The van der Waals surface area contributed by atoms with Crippen molar-refractivity contribution in [3.05, 3.63) is 0 Å². The second kappa shape index (κ2) is 31.7. The zero-order chi connectivity index (χ0) is 60.6. The molecular formula is C58H102N10O12. The Bertz CT molecular complexity index is 2130. The van der Waals surface area contributed by atoms with Crippen LogP contribution in [0, 0.1) is 35.5 Å². The quantitative estimate of drug-likeness (QED) is 0.158. The van der Waals surface area contributed by atoms with E-state index in [2.05, 4.69) is 21.3 Å². The summed E-state index contributed by atoms with van der Waals surface area (Å²) in [6, 6.07) is -10.2. The van der Waals surface area contributed by atoms with Gasteiger partial charge in [0.15, 0.2) is 0 Å². The number of aliphatic hydroxyl groups excluding tert-OH is 1. The monoisotopic (exact) mass is 1130 g/mol. The van der Waals surface area contributed by atoms with Crippen molar-refractivity contribution < 1.29 is 57.8 Å². The number of methoxy groups -OCH3 is 1. The second-order valence-electron chi connectivity index (χ2n) is 24.7. The summed E-state index contributed by atoms with van der Waals surface area (Å²) in [4.78, 5) is 154. The molecule has 0 aromatic carbocycles. The summed E-state index contributed by atoms with van der Waals surface area (Å²) in [5.74, 6) is -7.12. The Labute approximate surface area is 477 Å². The predicted octanol–water partition coefficient (Wildman–Crippen LogP) is 2.53. The predicted molar refractivity (Wildman–Crippen MR) is 304 cm³/mol. The third-order valence-corrected chi connectivity index (χ3v) is 16.5. The zero-order valence-corrected chi connectivity index (χ0v) is 51.5. The highest BCUT2D eigenvalue weighted by molar-refractivity contribution is 5.99. The largest absolute Gasteiger partial charge is 0.391 e. The molecular weight excluding hydrogens is 1030 g/mol.